The number of carboxylic acid groups (broad SMARTS) is 1. The van der Waals surface area contributed by atoms with E-state index in [1.165, 1.54) is 18.2 Å². The third kappa shape index (κ3) is 3.99. The van der Waals surface area contributed by atoms with Crippen molar-refractivity contribution in [2.45, 2.75) is 10.6 Å². The second-order valence-corrected chi connectivity index (χ2v) is 7.33. The van der Waals surface area contributed by atoms with Crippen LogP contribution in [0.25, 0.3) is 0 Å². The van der Waals surface area contributed by atoms with Crippen molar-refractivity contribution < 1.29 is 18.5 Å². The molecule has 2 rings (SSSR count). The third-order valence-corrected chi connectivity index (χ3v) is 5.52. The van der Waals surface area contributed by atoms with E-state index in [1.807, 2.05) is 0 Å². The zero-order valence-corrected chi connectivity index (χ0v) is 14.5. The van der Waals surface area contributed by atoms with Gasteiger partial charge in [-0.1, -0.05) is 22.0 Å². The second kappa shape index (κ2) is 6.81. The fourth-order valence-electron chi connectivity index (χ4n) is 1.67. The molecule has 2 aromatic rings. The number of carbonyl (C=O) groups is 1. The van der Waals surface area contributed by atoms with E-state index in [-0.39, 0.29) is 17.1 Å². The summed E-state index contributed by atoms with van der Waals surface area (Å²) in [5.74, 6) is -1.31. The lowest BCUT2D eigenvalue weighted by molar-refractivity contribution is 0.0695. The van der Waals surface area contributed by atoms with Gasteiger partial charge in [0.15, 0.2) is 0 Å². The van der Waals surface area contributed by atoms with Crippen molar-refractivity contribution in [3.05, 3.63) is 62.3 Å². The van der Waals surface area contributed by atoms with Crippen LogP contribution in [0, 0.1) is 5.82 Å². The van der Waals surface area contributed by atoms with Gasteiger partial charge in [0, 0.05) is 13.8 Å². The molecule has 0 saturated heterocycles. The molecule has 0 aliphatic heterocycles. The average Bonchev–Trinajstić information content (AvgIpc) is 2.42. The summed E-state index contributed by atoms with van der Waals surface area (Å²) in [6, 6.07) is 8.67. The Morgan fingerprint density at radius 1 is 1.14 bits per heavy atom. The number of hydrogen-bond acceptors (Lipinski definition) is 2. The predicted octanol–water partition coefficient (Wildman–Crippen LogP) is 4.36. The van der Waals surface area contributed by atoms with E-state index in [0.717, 1.165) is 0 Å². The molecule has 7 heteroatoms. The topological polar surface area (TPSA) is 54.4 Å². The number of hydrogen-bond donors (Lipinski definition) is 1. The van der Waals surface area contributed by atoms with E-state index in [4.69, 9.17) is 5.11 Å². The molecule has 0 spiro atoms. The molecular formula is C14H9Br2FO3S. The van der Waals surface area contributed by atoms with Gasteiger partial charge in [0.25, 0.3) is 0 Å². The van der Waals surface area contributed by atoms with Crippen molar-refractivity contribution in [2.75, 3.05) is 0 Å². The van der Waals surface area contributed by atoms with E-state index < -0.39 is 16.8 Å². The SMILES string of the molecule is O=C(O)c1cc(S(=O)Cc2ccc(F)cc2Br)ccc1Br. The minimum Gasteiger partial charge on any atom is -0.478 e. The number of aromatic carboxylic acids is 1. The van der Waals surface area contributed by atoms with E-state index in [9.17, 15) is 13.4 Å². The summed E-state index contributed by atoms with van der Waals surface area (Å²) in [6.07, 6.45) is 0. The first-order valence-corrected chi connectivity index (χ1v) is 8.64. The number of rotatable bonds is 4. The molecule has 1 unspecified atom stereocenters. The van der Waals surface area contributed by atoms with Gasteiger partial charge in [-0.05, 0) is 51.8 Å². The van der Waals surface area contributed by atoms with E-state index in [1.54, 1.807) is 18.2 Å². The molecule has 0 aliphatic carbocycles. The van der Waals surface area contributed by atoms with Crippen LogP contribution >= 0.6 is 31.9 Å². The molecule has 0 aliphatic rings. The number of carboxylic acids is 1. The van der Waals surface area contributed by atoms with Crippen LogP contribution in [0.5, 0.6) is 0 Å². The Labute approximate surface area is 139 Å². The van der Waals surface area contributed by atoms with Gasteiger partial charge in [-0.25, -0.2) is 9.18 Å². The fraction of sp³-hybridized carbons (Fsp3) is 0.0714. The minimum absolute atomic E-state index is 0.0546. The minimum atomic E-state index is -1.42. The Bertz CT molecular complexity index is 734. The van der Waals surface area contributed by atoms with Crippen LogP contribution in [0.1, 0.15) is 15.9 Å². The van der Waals surface area contributed by atoms with E-state index >= 15 is 0 Å². The molecule has 0 aromatic heterocycles. The van der Waals surface area contributed by atoms with Crippen molar-refractivity contribution in [2.24, 2.45) is 0 Å². The van der Waals surface area contributed by atoms with Crippen molar-refractivity contribution >= 4 is 48.6 Å². The Balaban J connectivity index is 2.28. The van der Waals surface area contributed by atoms with Crippen LogP contribution in [-0.2, 0) is 16.6 Å². The lowest BCUT2D eigenvalue weighted by Gasteiger charge is -2.07. The molecule has 0 fully saturated rings. The molecule has 1 atom stereocenters. The fourth-order valence-corrected chi connectivity index (χ4v) is 3.94. The number of halogens is 3. The molecule has 1 N–H and O–H groups in total. The summed E-state index contributed by atoms with van der Waals surface area (Å²) in [5, 5.41) is 9.06. The molecule has 2 aromatic carbocycles. The van der Waals surface area contributed by atoms with Gasteiger partial charge in [0.2, 0.25) is 0 Å². The van der Waals surface area contributed by atoms with E-state index in [0.29, 0.717) is 19.4 Å². The highest BCUT2D eigenvalue weighted by Gasteiger charge is 2.14. The average molecular weight is 436 g/mol. The quantitative estimate of drug-likeness (QED) is 0.776. The van der Waals surface area contributed by atoms with Gasteiger partial charge in [0.1, 0.15) is 5.82 Å². The zero-order valence-electron chi connectivity index (χ0n) is 10.5. The first-order chi connectivity index (χ1) is 9.88. The summed E-state index contributed by atoms with van der Waals surface area (Å²) in [6.45, 7) is 0. The maximum atomic E-state index is 13.0. The van der Waals surface area contributed by atoms with Crippen LogP contribution in [0.4, 0.5) is 4.39 Å². The van der Waals surface area contributed by atoms with Crippen LogP contribution in [0.3, 0.4) is 0 Å². The van der Waals surface area contributed by atoms with Crippen molar-refractivity contribution in [1.29, 1.82) is 0 Å². The van der Waals surface area contributed by atoms with Crippen molar-refractivity contribution in [3.63, 3.8) is 0 Å². The summed E-state index contributed by atoms with van der Waals surface area (Å²) in [4.78, 5) is 11.5. The molecule has 0 saturated carbocycles. The third-order valence-electron chi connectivity index (χ3n) is 2.73. The number of benzene rings is 2. The first kappa shape index (κ1) is 16.3. The van der Waals surface area contributed by atoms with E-state index in [2.05, 4.69) is 31.9 Å². The molecule has 0 radical (unpaired) electrons. The van der Waals surface area contributed by atoms with Gasteiger partial charge in [0.05, 0.1) is 22.1 Å². The molecule has 110 valence electrons. The van der Waals surface area contributed by atoms with Crippen molar-refractivity contribution in [1.82, 2.24) is 0 Å². The zero-order chi connectivity index (χ0) is 15.6. The molecule has 0 bridgehead atoms. The monoisotopic (exact) mass is 434 g/mol. The Morgan fingerprint density at radius 3 is 2.48 bits per heavy atom. The Kier molecular flexibility index (Phi) is 5.29. The van der Waals surface area contributed by atoms with Crippen LogP contribution in [0.15, 0.2) is 50.2 Å². The summed E-state index contributed by atoms with van der Waals surface area (Å²) < 4.78 is 26.3. The summed E-state index contributed by atoms with van der Waals surface area (Å²) in [7, 11) is -1.42. The molecular weight excluding hydrogens is 427 g/mol. The normalized spacial score (nSPS) is 12.1. The summed E-state index contributed by atoms with van der Waals surface area (Å²) >= 11 is 6.36. The highest BCUT2D eigenvalue weighted by atomic mass is 79.9. The van der Waals surface area contributed by atoms with Gasteiger partial charge in [-0.3, -0.25) is 4.21 Å². The van der Waals surface area contributed by atoms with Gasteiger partial charge < -0.3 is 5.11 Å². The summed E-state index contributed by atoms with van der Waals surface area (Å²) in [5.41, 5.74) is 0.744. The van der Waals surface area contributed by atoms with Gasteiger partial charge in [-0.2, -0.15) is 0 Å². The molecule has 0 amide bonds. The van der Waals surface area contributed by atoms with Crippen LogP contribution in [-0.4, -0.2) is 15.3 Å². The molecule has 21 heavy (non-hydrogen) atoms. The Morgan fingerprint density at radius 2 is 1.86 bits per heavy atom. The highest BCUT2D eigenvalue weighted by molar-refractivity contribution is 9.10. The Hall–Kier alpha value is -1.05. The smallest absolute Gasteiger partial charge is 0.336 e. The lowest BCUT2D eigenvalue weighted by Crippen LogP contribution is -2.02. The lowest BCUT2D eigenvalue weighted by atomic mass is 10.2. The molecule has 0 heterocycles. The molecule has 3 nitrogen and oxygen atoms in total. The first-order valence-electron chi connectivity index (χ1n) is 5.73. The highest BCUT2D eigenvalue weighted by Crippen LogP contribution is 2.24. The standard InChI is InChI=1S/C14H9Br2FO3S/c15-12-4-3-10(6-11(12)14(18)19)21(20)7-8-1-2-9(17)5-13(8)16/h1-6H,7H2,(H,18,19). The maximum absolute atomic E-state index is 13.0. The van der Waals surface area contributed by atoms with Crippen LogP contribution < -0.4 is 0 Å². The largest absolute Gasteiger partial charge is 0.478 e. The van der Waals surface area contributed by atoms with Gasteiger partial charge in [-0.15, -0.1) is 0 Å². The predicted molar refractivity (Wildman–Crippen MR) is 85.3 cm³/mol. The van der Waals surface area contributed by atoms with Crippen molar-refractivity contribution in [3.8, 4) is 0 Å². The second-order valence-electron chi connectivity index (χ2n) is 4.17. The van der Waals surface area contributed by atoms with Crippen LogP contribution in [0.2, 0.25) is 0 Å². The maximum Gasteiger partial charge on any atom is 0.336 e. The van der Waals surface area contributed by atoms with Gasteiger partial charge >= 0.3 is 5.97 Å².